The van der Waals surface area contributed by atoms with Gasteiger partial charge in [-0.15, -0.1) is 0 Å². The minimum absolute atomic E-state index is 0.0422. The zero-order chi connectivity index (χ0) is 19.5. The van der Waals surface area contributed by atoms with Gasteiger partial charge in [-0.1, -0.05) is 12.1 Å². The number of hydrogen-bond donors (Lipinski definition) is 2. The molecule has 0 unspecified atom stereocenters. The Morgan fingerprint density at radius 3 is 2.42 bits per heavy atom. The summed E-state index contributed by atoms with van der Waals surface area (Å²) in [6.45, 7) is 1.27. The number of nitrogens with one attached hydrogen (secondary N) is 2. The highest BCUT2D eigenvalue weighted by atomic mass is 32.2. The number of halogens is 4. The van der Waals surface area contributed by atoms with Crippen LogP contribution in [0.2, 0.25) is 0 Å². The molecule has 2 aromatic carbocycles. The molecule has 0 aliphatic carbocycles. The number of amides is 1. The number of benzene rings is 2. The third-order valence-electron chi connectivity index (χ3n) is 3.27. The molecule has 0 atom stereocenters. The van der Waals surface area contributed by atoms with Crippen LogP contribution in [0.1, 0.15) is 12.5 Å². The van der Waals surface area contributed by atoms with E-state index in [9.17, 15) is 30.8 Å². The van der Waals surface area contributed by atoms with Crippen LogP contribution in [0.4, 0.5) is 28.9 Å². The molecule has 26 heavy (non-hydrogen) atoms. The Morgan fingerprint density at radius 1 is 1.12 bits per heavy atom. The van der Waals surface area contributed by atoms with Crippen LogP contribution in [0.3, 0.4) is 0 Å². The first-order valence-electron chi connectivity index (χ1n) is 7.22. The normalized spacial score (nSPS) is 11.9. The van der Waals surface area contributed by atoms with Crippen LogP contribution in [-0.2, 0) is 21.2 Å². The molecule has 0 saturated carbocycles. The summed E-state index contributed by atoms with van der Waals surface area (Å²) in [5.41, 5.74) is -4.90. The second-order valence-electron chi connectivity index (χ2n) is 5.32. The summed E-state index contributed by atoms with van der Waals surface area (Å²) in [7, 11) is -5.72. The average Bonchev–Trinajstić information content (AvgIpc) is 2.52. The molecule has 2 aromatic rings. The number of anilines is 2. The number of sulfone groups is 1. The molecule has 2 rings (SSSR count). The molecule has 0 aliphatic heterocycles. The van der Waals surface area contributed by atoms with Gasteiger partial charge in [-0.05, 0) is 35.9 Å². The van der Waals surface area contributed by atoms with E-state index in [2.05, 4.69) is 10.6 Å². The third-order valence-corrected chi connectivity index (χ3v) is 4.79. The van der Waals surface area contributed by atoms with E-state index in [4.69, 9.17) is 0 Å². The lowest BCUT2D eigenvalue weighted by Gasteiger charge is -2.15. The zero-order valence-electron chi connectivity index (χ0n) is 13.4. The standard InChI is InChI=1S/C16H14F4N2O3S/c1-10(23)22-13-4-2-3-11(7-13)9-21-14-6-5-12(17)8-15(14)26(24,25)16(18,19)20/h2-8,21H,9H2,1H3,(H,22,23). The second kappa shape index (κ2) is 7.32. The number of carbonyl (C=O) groups is 1. The van der Waals surface area contributed by atoms with Crippen molar-refractivity contribution in [2.24, 2.45) is 0 Å². The summed E-state index contributed by atoms with van der Waals surface area (Å²) >= 11 is 0. The van der Waals surface area contributed by atoms with Gasteiger partial charge in [0.25, 0.3) is 9.84 Å². The zero-order valence-corrected chi connectivity index (χ0v) is 14.2. The Hall–Kier alpha value is -2.62. The van der Waals surface area contributed by atoms with E-state index in [0.29, 0.717) is 17.3 Å². The van der Waals surface area contributed by atoms with Crippen LogP contribution in [-0.4, -0.2) is 19.8 Å². The quantitative estimate of drug-likeness (QED) is 0.764. The van der Waals surface area contributed by atoms with Crippen molar-refractivity contribution in [3.63, 3.8) is 0 Å². The topological polar surface area (TPSA) is 75.3 Å². The van der Waals surface area contributed by atoms with Gasteiger partial charge in [-0.2, -0.15) is 13.2 Å². The van der Waals surface area contributed by atoms with Crippen molar-refractivity contribution in [3.8, 4) is 0 Å². The van der Waals surface area contributed by atoms with Crippen molar-refractivity contribution < 1.29 is 30.8 Å². The average molecular weight is 390 g/mol. The van der Waals surface area contributed by atoms with Crippen molar-refractivity contribution in [2.45, 2.75) is 23.9 Å². The lowest BCUT2D eigenvalue weighted by molar-refractivity contribution is -0.114. The fourth-order valence-corrected chi connectivity index (χ4v) is 3.10. The van der Waals surface area contributed by atoms with Crippen LogP contribution >= 0.6 is 0 Å². The fourth-order valence-electron chi connectivity index (χ4n) is 2.15. The molecular formula is C16H14F4N2O3S. The van der Waals surface area contributed by atoms with E-state index in [1.165, 1.54) is 6.92 Å². The van der Waals surface area contributed by atoms with Crippen LogP contribution < -0.4 is 10.6 Å². The molecule has 2 N–H and O–H groups in total. The number of hydrogen-bond acceptors (Lipinski definition) is 4. The molecule has 0 saturated heterocycles. The maximum Gasteiger partial charge on any atom is 0.501 e. The predicted molar refractivity (Wildman–Crippen MR) is 87.7 cm³/mol. The fraction of sp³-hybridized carbons (Fsp3) is 0.188. The van der Waals surface area contributed by atoms with Crippen LogP contribution in [0.15, 0.2) is 47.4 Å². The highest BCUT2D eigenvalue weighted by Crippen LogP contribution is 2.35. The lowest BCUT2D eigenvalue weighted by atomic mass is 10.2. The summed E-state index contributed by atoms with van der Waals surface area (Å²) in [5.74, 6) is -1.40. The molecule has 0 aliphatic rings. The molecule has 0 fully saturated rings. The molecule has 10 heteroatoms. The minimum atomic E-state index is -5.72. The Kier molecular flexibility index (Phi) is 5.55. The first-order valence-corrected chi connectivity index (χ1v) is 8.70. The SMILES string of the molecule is CC(=O)Nc1cccc(CNc2ccc(F)cc2S(=O)(=O)C(F)(F)F)c1. The van der Waals surface area contributed by atoms with E-state index >= 15 is 0 Å². The Balaban J connectivity index is 2.30. The van der Waals surface area contributed by atoms with E-state index in [0.717, 1.165) is 12.1 Å². The monoisotopic (exact) mass is 390 g/mol. The predicted octanol–water partition coefficient (Wildman–Crippen LogP) is 3.69. The number of rotatable bonds is 5. The summed E-state index contributed by atoms with van der Waals surface area (Å²) in [5, 5.41) is 5.10. The summed E-state index contributed by atoms with van der Waals surface area (Å²) in [4.78, 5) is 9.86. The van der Waals surface area contributed by atoms with Crippen molar-refractivity contribution in [1.29, 1.82) is 0 Å². The van der Waals surface area contributed by atoms with E-state index < -0.39 is 26.1 Å². The van der Waals surface area contributed by atoms with Gasteiger partial charge in [-0.3, -0.25) is 4.79 Å². The van der Waals surface area contributed by atoms with Gasteiger partial charge < -0.3 is 10.6 Å². The van der Waals surface area contributed by atoms with E-state index in [-0.39, 0.29) is 18.1 Å². The van der Waals surface area contributed by atoms with Gasteiger partial charge in [0.05, 0.1) is 5.69 Å². The Morgan fingerprint density at radius 2 is 1.81 bits per heavy atom. The Bertz CT molecular complexity index is 927. The molecule has 140 valence electrons. The van der Waals surface area contributed by atoms with Crippen molar-refractivity contribution in [2.75, 3.05) is 10.6 Å². The summed E-state index contributed by atoms with van der Waals surface area (Å²) in [6.07, 6.45) is 0. The first kappa shape index (κ1) is 19.7. The van der Waals surface area contributed by atoms with Crippen LogP contribution in [0, 0.1) is 5.82 Å². The molecule has 0 spiro atoms. The van der Waals surface area contributed by atoms with Gasteiger partial charge >= 0.3 is 5.51 Å². The second-order valence-corrected chi connectivity index (χ2v) is 7.23. The van der Waals surface area contributed by atoms with Gasteiger partial charge in [0.15, 0.2) is 0 Å². The number of carbonyl (C=O) groups excluding carboxylic acids is 1. The molecule has 0 aromatic heterocycles. The Labute approximate surface area is 146 Å². The minimum Gasteiger partial charge on any atom is -0.380 e. The van der Waals surface area contributed by atoms with Crippen LogP contribution in [0.25, 0.3) is 0 Å². The van der Waals surface area contributed by atoms with Gasteiger partial charge in [-0.25, -0.2) is 12.8 Å². The van der Waals surface area contributed by atoms with Crippen molar-refractivity contribution in [3.05, 3.63) is 53.8 Å². The summed E-state index contributed by atoms with van der Waals surface area (Å²) < 4.78 is 74.9. The van der Waals surface area contributed by atoms with Gasteiger partial charge in [0.2, 0.25) is 5.91 Å². The van der Waals surface area contributed by atoms with Crippen LogP contribution in [0.5, 0.6) is 0 Å². The molecule has 1 amide bonds. The van der Waals surface area contributed by atoms with Crippen molar-refractivity contribution in [1.82, 2.24) is 0 Å². The maximum atomic E-state index is 13.3. The van der Waals surface area contributed by atoms with Gasteiger partial charge in [0, 0.05) is 19.2 Å². The van der Waals surface area contributed by atoms with E-state index in [1.54, 1.807) is 24.3 Å². The third kappa shape index (κ3) is 4.51. The highest BCUT2D eigenvalue weighted by Gasteiger charge is 2.48. The van der Waals surface area contributed by atoms with E-state index in [1.807, 2.05) is 0 Å². The molecule has 5 nitrogen and oxygen atoms in total. The highest BCUT2D eigenvalue weighted by molar-refractivity contribution is 7.92. The molecule has 0 heterocycles. The summed E-state index contributed by atoms with van der Waals surface area (Å²) in [6, 6.07) is 8.51. The van der Waals surface area contributed by atoms with Gasteiger partial charge in [0.1, 0.15) is 10.7 Å². The maximum absolute atomic E-state index is 13.3. The molecule has 0 bridgehead atoms. The molecule has 0 radical (unpaired) electrons. The van der Waals surface area contributed by atoms with Crippen molar-refractivity contribution >= 4 is 27.1 Å². The smallest absolute Gasteiger partial charge is 0.380 e. The largest absolute Gasteiger partial charge is 0.501 e. The lowest BCUT2D eigenvalue weighted by Crippen LogP contribution is -2.24. The first-order chi connectivity index (χ1) is 12.0. The molecular weight excluding hydrogens is 376 g/mol. The number of alkyl halides is 3.